The monoisotopic (exact) mass is 258 g/mol. The zero-order chi connectivity index (χ0) is 13.3. The van der Waals surface area contributed by atoms with E-state index in [-0.39, 0.29) is 17.9 Å². The summed E-state index contributed by atoms with van der Waals surface area (Å²) in [5.41, 5.74) is 5.53. The summed E-state index contributed by atoms with van der Waals surface area (Å²) >= 11 is 4.88. The summed E-state index contributed by atoms with van der Waals surface area (Å²) in [6, 6.07) is 0.211. The topological polar surface area (TPSA) is 55.1 Å². The third kappa shape index (κ3) is 7.31. The van der Waals surface area contributed by atoms with E-state index >= 15 is 0 Å². The van der Waals surface area contributed by atoms with Crippen LogP contribution in [0, 0.1) is 5.92 Å². The van der Waals surface area contributed by atoms with Crippen molar-refractivity contribution in [2.75, 3.05) is 0 Å². The summed E-state index contributed by atoms with van der Waals surface area (Å²) in [6.45, 7) is 6.16. The van der Waals surface area contributed by atoms with Crippen molar-refractivity contribution in [3.8, 4) is 0 Å². The molecule has 0 spiro atoms. The van der Waals surface area contributed by atoms with Gasteiger partial charge < -0.3 is 11.1 Å². The molecule has 2 atom stereocenters. The van der Waals surface area contributed by atoms with Crippen LogP contribution in [0.2, 0.25) is 0 Å². The predicted octanol–water partition coefficient (Wildman–Crippen LogP) is 2.77. The molecule has 0 radical (unpaired) electrons. The molecule has 0 saturated heterocycles. The van der Waals surface area contributed by atoms with Crippen LogP contribution in [0.25, 0.3) is 0 Å². The number of nitrogens with one attached hydrogen (secondary N) is 1. The van der Waals surface area contributed by atoms with Crippen LogP contribution in [0.4, 0.5) is 0 Å². The summed E-state index contributed by atoms with van der Waals surface area (Å²) in [5.74, 6) is -0.342. The second-order valence-corrected chi connectivity index (χ2v) is 5.09. The van der Waals surface area contributed by atoms with E-state index < -0.39 is 0 Å². The van der Waals surface area contributed by atoms with E-state index in [2.05, 4.69) is 12.2 Å². The molecule has 0 fully saturated rings. The van der Waals surface area contributed by atoms with Gasteiger partial charge in [0.25, 0.3) is 0 Å². The molecule has 17 heavy (non-hydrogen) atoms. The number of amides is 1. The van der Waals surface area contributed by atoms with E-state index in [4.69, 9.17) is 18.0 Å². The van der Waals surface area contributed by atoms with E-state index in [9.17, 15) is 4.79 Å². The molecule has 0 aromatic rings. The first kappa shape index (κ1) is 16.4. The maximum atomic E-state index is 11.8. The molecule has 100 valence electrons. The van der Waals surface area contributed by atoms with Crippen LogP contribution < -0.4 is 11.1 Å². The van der Waals surface area contributed by atoms with Crippen molar-refractivity contribution in [2.24, 2.45) is 11.7 Å². The molecule has 0 aliphatic heterocycles. The molecule has 1 amide bonds. The fraction of sp³-hybridized carbons (Fsp3) is 0.846. The van der Waals surface area contributed by atoms with Gasteiger partial charge in [-0.25, -0.2) is 0 Å². The highest BCUT2D eigenvalue weighted by Crippen LogP contribution is 2.08. The van der Waals surface area contributed by atoms with E-state index in [1.165, 1.54) is 25.7 Å². The Balaban J connectivity index is 3.89. The van der Waals surface area contributed by atoms with Gasteiger partial charge in [0.2, 0.25) is 5.91 Å². The Labute approximate surface area is 111 Å². The Morgan fingerprint density at radius 1 is 1.29 bits per heavy atom. The summed E-state index contributed by atoms with van der Waals surface area (Å²) in [5, 5.41) is 2.98. The lowest BCUT2D eigenvalue weighted by molar-refractivity contribution is -0.123. The van der Waals surface area contributed by atoms with Crippen molar-refractivity contribution in [3.05, 3.63) is 0 Å². The van der Waals surface area contributed by atoms with Crippen LogP contribution in [-0.2, 0) is 4.79 Å². The fourth-order valence-corrected chi connectivity index (χ4v) is 2.08. The number of hydrogen-bond donors (Lipinski definition) is 2. The molecule has 4 heteroatoms. The van der Waals surface area contributed by atoms with Gasteiger partial charge in [-0.15, -0.1) is 0 Å². The molecule has 3 nitrogen and oxygen atoms in total. The highest BCUT2D eigenvalue weighted by atomic mass is 32.1. The maximum absolute atomic E-state index is 11.8. The minimum atomic E-state index is -0.317. The van der Waals surface area contributed by atoms with Crippen molar-refractivity contribution < 1.29 is 4.79 Å². The first-order valence-corrected chi connectivity index (χ1v) is 7.03. The summed E-state index contributed by atoms with van der Waals surface area (Å²) in [6.07, 6.45) is 6.61. The number of hydrogen-bond acceptors (Lipinski definition) is 2. The van der Waals surface area contributed by atoms with E-state index in [0.29, 0.717) is 11.4 Å². The standard InChI is InChI=1S/C13H26N2OS/c1-4-6-7-8-9-10(3)15-13(16)11(5-2)12(14)17/h10-11H,4-9H2,1-3H3,(H2,14,17)(H,15,16). The van der Waals surface area contributed by atoms with Gasteiger partial charge in [-0.05, 0) is 19.8 Å². The third-order valence-corrected chi connectivity index (χ3v) is 3.23. The Kier molecular flexibility index (Phi) is 9.04. The Morgan fingerprint density at radius 3 is 2.41 bits per heavy atom. The van der Waals surface area contributed by atoms with E-state index in [1.54, 1.807) is 0 Å². The molecule has 0 aliphatic rings. The van der Waals surface area contributed by atoms with Crippen LogP contribution in [0.3, 0.4) is 0 Å². The first-order valence-electron chi connectivity index (χ1n) is 6.62. The molecule has 0 bridgehead atoms. The van der Waals surface area contributed by atoms with E-state index in [0.717, 1.165) is 6.42 Å². The van der Waals surface area contributed by atoms with Gasteiger partial charge in [0, 0.05) is 6.04 Å². The van der Waals surface area contributed by atoms with Crippen LogP contribution in [-0.4, -0.2) is 16.9 Å². The molecule has 0 aromatic heterocycles. The van der Waals surface area contributed by atoms with Crippen molar-refractivity contribution >= 4 is 23.1 Å². The van der Waals surface area contributed by atoms with Crippen molar-refractivity contribution in [1.82, 2.24) is 5.32 Å². The third-order valence-electron chi connectivity index (χ3n) is 2.95. The van der Waals surface area contributed by atoms with Gasteiger partial charge in [-0.2, -0.15) is 0 Å². The zero-order valence-electron chi connectivity index (χ0n) is 11.3. The van der Waals surface area contributed by atoms with Gasteiger partial charge in [0.1, 0.15) is 0 Å². The quantitative estimate of drug-likeness (QED) is 0.494. The average Bonchev–Trinajstić information content (AvgIpc) is 2.24. The highest BCUT2D eigenvalue weighted by Gasteiger charge is 2.20. The van der Waals surface area contributed by atoms with E-state index in [1.807, 2.05) is 13.8 Å². The van der Waals surface area contributed by atoms with Gasteiger partial charge in [-0.1, -0.05) is 51.7 Å². The summed E-state index contributed by atoms with van der Waals surface area (Å²) < 4.78 is 0. The van der Waals surface area contributed by atoms with Crippen molar-refractivity contribution in [1.29, 1.82) is 0 Å². The molecular weight excluding hydrogens is 232 g/mol. The van der Waals surface area contributed by atoms with Crippen LogP contribution in [0.15, 0.2) is 0 Å². The smallest absolute Gasteiger partial charge is 0.230 e. The molecule has 2 unspecified atom stereocenters. The summed E-state index contributed by atoms with van der Waals surface area (Å²) in [4.78, 5) is 12.1. The Morgan fingerprint density at radius 2 is 1.94 bits per heavy atom. The number of nitrogens with two attached hydrogens (primary N) is 1. The molecule has 3 N–H and O–H groups in total. The SMILES string of the molecule is CCCCCCC(C)NC(=O)C(CC)C(N)=S. The number of unbranched alkanes of at least 4 members (excludes halogenated alkanes) is 3. The molecule has 0 heterocycles. The largest absolute Gasteiger partial charge is 0.393 e. The lowest BCUT2D eigenvalue weighted by Gasteiger charge is -2.18. The van der Waals surface area contributed by atoms with Crippen molar-refractivity contribution in [2.45, 2.75) is 65.3 Å². The number of thiocarbonyl (C=S) groups is 1. The van der Waals surface area contributed by atoms with Gasteiger partial charge in [-0.3, -0.25) is 4.79 Å². The van der Waals surface area contributed by atoms with Gasteiger partial charge in [0.15, 0.2) is 0 Å². The minimum Gasteiger partial charge on any atom is -0.393 e. The average molecular weight is 258 g/mol. The Hall–Kier alpha value is -0.640. The normalized spacial score (nSPS) is 14.1. The molecule has 0 rings (SSSR count). The highest BCUT2D eigenvalue weighted by molar-refractivity contribution is 7.80. The predicted molar refractivity (Wildman–Crippen MR) is 76.9 cm³/mol. The number of carbonyl (C=O) groups excluding carboxylic acids is 1. The first-order chi connectivity index (χ1) is 8.02. The molecular formula is C13H26N2OS. The lowest BCUT2D eigenvalue weighted by atomic mass is 10.0. The second kappa shape index (κ2) is 9.40. The zero-order valence-corrected chi connectivity index (χ0v) is 12.1. The van der Waals surface area contributed by atoms with Crippen LogP contribution in [0.1, 0.15) is 59.3 Å². The van der Waals surface area contributed by atoms with Crippen molar-refractivity contribution in [3.63, 3.8) is 0 Å². The minimum absolute atomic E-state index is 0.0250. The number of rotatable bonds is 9. The molecule has 0 aliphatic carbocycles. The lowest BCUT2D eigenvalue weighted by Crippen LogP contribution is -2.41. The number of carbonyl (C=O) groups is 1. The van der Waals surface area contributed by atoms with Gasteiger partial charge >= 0.3 is 0 Å². The van der Waals surface area contributed by atoms with Gasteiger partial charge in [0.05, 0.1) is 10.9 Å². The molecule has 0 saturated carbocycles. The molecule has 0 aromatic carbocycles. The maximum Gasteiger partial charge on any atom is 0.230 e. The Bertz CT molecular complexity index is 244. The van der Waals surface area contributed by atoms with Crippen LogP contribution in [0.5, 0.6) is 0 Å². The van der Waals surface area contributed by atoms with Crippen LogP contribution >= 0.6 is 12.2 Å². The fourth-order valence-electron chi connectivity index (χ4n) is 1.81. The summed E-state index contributed by atoms with van der Waals surface area (Å²) in [7, 11) is 0. The second-order valence-electron chi connectivity index (χ2n) is 4.62.